The van der Waals surface area contributed by atoms with E-state index >= 15 is 0 Å². The van der Waals surface area contributed by atoms with Crippen LogP contribution >= 0.6 is 23.4 Å². The van der Waals surface area contributed by atoms with Crippen LogP contribution < -0.4 is 0 Å². The number of hydrogen-bond donors (Lipinski definition) is 0. The first-order chi connectivity index (χ1) is 10.1. The van der Waals surface area contributed by atoms with Crippen molar-refractivity contribution in [3.05, 3.63) is 58.2 Å². The van der Waals surface area contributed by atoms with E-state index < -0.39 is 0 Å². The fourth-order valence-corrected chi connectivity index (χ4v) is 2.97. The molecule has 1 saturated heterocycles. The van der Waals surface area contributed by atoms with Crippen LogP contribution in [0, 0.1) is 0 Å². The quantitative estimate of drug-likeness (QED) is 0.791. The van der Waals surface area contributed by atoms with Crippen molar-refractivity contribution in [1.29, 1.82) is 0 Å². The van der Waals surface area contributed by atoms with Gasteiger partial charge in [0.15, 0.2) is 0 Å². The van der Waals surface area contributed by atoms with Gasteiger partial charge >= 0.3 is 0 Å². The number of thioether (sulfide) groups is 1. The largest absolute Gasteiger partial charge is 0.317 e. The van der Waals surface area contributed by atoms with Gasteiger partial charge in [-0.2, -0.15) is 0 Å². The molecule has 1 aliphatic heterocycles. The Kier molecular flexibility index (Phi) is 3.61. The first-order valence-electron chi connectivity index (χ1n) is 6.21. The zero-order valence-corrected chi connectivity index (χ0v) is 12.7. The fraction of sp³-hybridized carbons (Fsp3) is 0.0667. The zero-order chi connectivity index (χ0) is 15.0. The molecule has 106 valence electrons. The van der Waals surface area contributed by atoms with Gasteiger partial charge in [0.05, 0.1) is 4.91 Å². The summed E-state index contributed by atoms with van der Waals surface area (Å²) in [5.41, 5.74) is 1.77. The number of aromatic nitrogens is 1. The Morgan fingerprint density at radius 1 is 1.14 bits per heavy atom. The molecule has 0 radical (unpaired) electrons. The number of rotatable bonds is 2. The normalized spacial score (nSPS) is 17.0. The first kappa shape index (κ1) is 14.0. The number of halogens is 1. The zero-order valence-electron chi connectivity index (χ0n) is 11.1. The lowest BCUT2D eigenvalue weighted by atomic mass is 10.3. The molecule has 0 aliphatic carbocycles. The van der Waals surface area contributed by atoms with E-state index in [9.17, 15) is 9.59 Å². The molecule has 0 bridgehead atoms. The fourth-order valence-electron chi connectivity index (χ4n) is 2.03. The highest BCUT2D eigenvalue weighted by molar-refractivity contribution is 8.18. The highest BCUT2D eigenvalue weighted by atomic mass is 35.5. The summed E-state index contributed by atoms with van der Waals surface area (Å²) in [4.78, 5) is 25.0. The van der Waals surface area contributed by atoms with Crippen LogP contribution in [0.25, 0.3) is 11.8 Å². The van der Waals surface area contributed by atoms with Gasteiger partial charge in [-0.3, -0.25) is 14.5 Å². The van der Waals surface area contributed by atoms with Gasteiger partial charge in [0.1, 0.15) is 0 Å². The van der Waals surface area contributed by atoms with Gasteiger partial charge in [0.2, 0.25) is 0 Å². The van der Waals surface area contributed by atoms with Crippen molar-refractivity contribution < 1.29 is 9.59 Å². The minimum Gasteiger partial charge on any atom is -0.317 e. The third kappa shape index (κ3) is 2.62. The molecule has 2 aromatic rings. The van der Waals surface area contributed by atoms with Crippen LogP contribution in [0.4, 0.5) is 4.79 Å². The molecule has 2 amide bonds. The van der Waals surface area contributed by atoms with E-state index in [1.54, 1.807) is 18.2 Å². The maximum atomic E-state index is 11.9. The van der Waals surface area contributed by atoms with Crippen LogP contribution in [-0.2, 0) is 4.79 Å². The number of likely N-dealkylation sites (N-methyl/N-ethyl adjacent to an activating group) is 1. The molecular formula is C15H11ClN2O2S. The van der Waals surface area contributed by atoms with Gasteiger partial charge in [0, 0.05) is 29.6 Å². The van der Waals surface area contributed by atoms with E-state index in [2.05, 4.69) is 0 Å². The Balaban J connectivity index is 1.99. The molecule has 0 saturated carbocycles. The van der Waals surface area contributed by atoms with Crippen molar-refractivity contribution in [2.45, 2.75) is 0 Å². The average Bonchev–Trinajstić information content (AvgIpc) is 3.02. The van der Waals surface area contributed by atoms with E-state index in [1.807, 2.05) is 35.0 Å². The molecule has 21 heavy (non-hydrogen) atoms. The third-order valence-electron chi connectivity index (χ3n) is 3.15. The molecule has 1 aromatic heterocycles. The Labute approximate surface area is 131 Å². The van der Waals surface area contributed by atoms with E-state index in [0.717, 1.165) is 28.0 Å². The van der Waals surface area contributed by atoms with E-state index in [4.69, 9.17) is 11.6 Å². The molecular weight excluding hydrogens is 308 g/mol. The third-order valence-corrected chi connectivity index (χ3v) is 4.36. The topological polar surface area (TPSA) is 42.3 Å². The van der Waals surface area contributed by atoms with Crippen LogP contribution in [-0.4, -0.2) is 27.7 Å². The maximum absolute atomic E-state index is 11.9. The summed E-state index contributed by atoms with van der Waals surface area (Å²) in [6, 6.07) is 11.2. The van der Waals surface area contributed by atoms with Crippen LogP contribution in [0.1, 0.15) is 5.69 Å². The minimum absolute atomic E-state index is 0.254. The number of amides is 2. The number of hydrogen-bond acceptors (Lipinski definition) is 3. The van der Waals surface area contributed by atoms with E-state index in [1.165, 1.54) is 7.05 Å². The van der Waals surface area contributed by atoms with Crippen LogP contribution in [0.3, 0.4) is 0 Å². The predicted octanol–water partition coefficient (Wildman–Crippen LogP) is 3.80. The van der Waals surface area contributed by atoms with Crippen LogP contribution in [0.15, 0.2) is 47.5 Å². The first-order valence-corrected chi connectivity index (χ1v) is 7.40. The molecule has 1 fully saturated rings. The molecule has 2 heterocycles. The van der Waals surface area contributed by atoms with Crippen molar-refractivity contribution in [3.8, 4) is 5.69 Å². The Morgan fingerprint density at radius 3 is 2.48 bits per heavy atom. The van der Waals surface area contributed by atoms with Crippen molar-refractivity contribution >= 4 is 40.6 Å². The van der Waals surface area contributed by atoms with Gasteiger partial charge in [-0.15, -0.1) is 0 Å². The lowest BCUT2D eigenvalue weighted by Gasteiger charge is -2.07. The van der Waals surface area contributed by atoms with Gasteiger partial charge < -0.3 is 4.57 Å². The highest BCUT2D eigenvalue weighted by Gasteiger charge is 2.31. The number of nitrogens with zero attached hydrogens (tertiary/aromatic N) is 2. The molecule has 3 rings (SSSR count). The Hall–Kier alpha value is -1.98. The molecule has 1 aromatic carbocycles. The van der Waals surface area contributed by atoms with Crippen molar-refractivity contribution in [1.82, 2.24) is 9.47 Å². The summed E-state index contributed by atoms with van der Waals surface area (Å²) < 4.78 is 1.93. The number of benzene rings is 1. The predicted molar refractivity (Wildman–Crippen MR) is 84.5 cm³/mol. The molecule has 0 unspecified atom stereocenters. The number of carbonyl (C=O) groups is 2. The second-order valence-electron chi connectivity index (χ2n) is 4.52. The summed E-state index contributed by atoms with van der Waals surface area (Å²) in [5, 5.41) is 0.412. The van der Waals surface area contributed by atoms with Crippen molar-refractivity contribution in [2.75, 3.05) is 7.05 Å². The SMILES string of the molecule is CN1C(=O)SC(=Cc2cccn2-c2ccc(Cl)cc2)C1=O. The molecule has 0 atom stereocenters. The van der Waals surface area contributed by atoms with Gasteiger partial charge in [0.25, 0.3) is 11.1 Å². The number of imide groups is 1. The van der Waals surface area contributed by atoms with Gasteiger partial charge in [-0.1, -0.05) is 11.6 Å². The molecule has 0 N–H and O–H groups in total. The summed E-state index contributed by atoms with van der Waals surface area (Å²) in [6.45, 7) is 0. The summed E-state index contributed by atoms with van der Waals surface area (Å²) in [7, 11) is 1.48. The molecule has 6 heteroatoms. The summed E-state index contributed by atoms with van der Waals surface area (Å²) in [5.74, 6) is -0.270. The van der Waals surface area contributed by atoms with Crippen LogP contribution in [0.2, 0.25) is 5.02 Å². The van der Waals surface area contributed by atoms with Gasteiger partial charge in [-0.05, 0) is 54.2 Å². The monoisotopic (exact) mass is 318 g/mol. The minimum atomic E-state index is -0.270. The standard InChI is InChI=1S/C15H11ClN2O2S/c1-17-14(19)13(21-15(17)20)9-12-3-2-8-18(12)11-6-4-10(16)5-7-11/h2-9H,1H3. The smallest absolute Gasteiger partial charge is 0.293 e. The summed E-state index contributed by atoms with van der Waals surface area (Å²) in [6.07, 6.45) is 3.62. The maximum Gasteiger partial charge on any atom is 0.293 e. The van der Waals surface area contributed by atoms with Crippen molar-refractivity contribution in [2.24, 2.45) is 0 Å². The molecule has 1 aliphatic rings. The molecule has 0 spiro atoms. The van der Waals surface area contributed by atoms with Gasteiger partial charge in [-0.25, -0.2) is 0 Å². The average molecular weight is 319 g/mol. The lowest BCUT2D eigenvalue weighted by Crippen LogP contribution is -2.22. The Bertz CT molecular complexity index is 749. The van der Waals surface area contributed by atoms with Crippen LogP contribution in [0.5, 0.6) is 0 Å². The molecule has 4 nitrogen and oxygen atoms in total. The lowest BCUT2D eigenvalue weighted by molar-refractivity contribution is -0.121. The second-order valence-corrected chi connectivity index (χ2v) is 5.95. The summed E-state index contributed by atoms with van der Waals surface area (Å²) >= 11 is 6.84. The van der Waals surface area contributed by atoms with E-state index in [0.29, 0.717) is 9.93 Å². The van der Waals surface area contributed by atoms with Crippen molar-refractivity contribution in [3.63, 3.8) is 0 Å². The second kappa shape index (κ2) is 5.42. The van der Waals surface area contributed by atoms with E-state index in [-0.39, 0.29) is 11.1 Å². The number of carbonyl (C=O) groups excluding carboxylic acids is 2. The Morgan fingerprint density at radius 2 is 1.86 bits per heavy atom. The highest BCUT2D eigenvalue weighted by Crippen LogP contribution is 2.31.